The van der Waals surface area contributed by atoms with E-state index in [4.69, 9.17) is 23.2 Å². The lowest BCUT2D eigenvalue weighted by Gasteiger charge is -2.37. The molecule has 1 aromatic carbocycles. The smallest absolute Gasteiger partial charge is 0.237 e. The van der Waals surface area contributed by atoms with E-state index in [2.05, 4.69) is 10.2 Å². The highest BCUT2D eigenvalue weighted by Crippen LogP contribution is 2.23. The van der Waals surface area contributed by atoms with Crippen molar-refractivity contribution in [3.05, 3.63) is 33.8 Å². The number of nitrogens with one attached hydrogen (secondary N) is 1. The Balaban J connectivity index is 1.48. The molecule has 25 heavy (non-hydrogen) atoms. The van der Waals surface area contributed by atoms with Crippen molar-refractivity contribution in [2.75, 3.05) is 26.2 Å². The molecular weight excluding hydrogens is 361 g/mol. The number of amides is 2. The van der Waals surface area contributed by atoms with E-state index in [1.807, 2.05) is 17.9 Å². The molecule has 1 saturated carbocycles. The van der Waals surface area contributed by atoms with E-state index >= 15 is 0 Å². The molecule has 0 aromatic heterocycles. The molecular formula is C18H23Cl2N3O2. The summed E-state index contributed by atoms with van der Waals surface area (Å²) in [4.78, 5) is 28.6. The van der Waals surface area contributed by atoms with Gasteiger partial charge in [-0.2, -0.15) is 0 Å². The van der Waals surface area contributed by atoms with E-state index < -0.39 is 0 Å². The van der Waals surface area contributed by atoms with Crippen molar-refractivity contribution >= 4 is 35.0 Å². The molecule has 3 rings (SSSR count). The highest BCUT2D eigenvalue weighted by molar-refractivity contribution is 6.42. The van der Waals surface area contributed by atoms with Crippen LogP contribution in [-0.2, 0) is 16.0 Å². The summed E-state index contributed by atoms with van der Waals surface area (Å²) in [6, 6.07) is 5.51. The maximum Gasteiger partial charge on any atom is 0.237 e. The first-order valence-corrected chi connectivity index (χ1v) is 9.46. The third-order valence-corrected chi connectivity index (χ3v) is 5.60. The van der Waals surface area contributed by atoms with Crippen LogP contribution in [0.1, 0.15) is 25.3 Å². The molecule has 2 fully saturated rings. The van der Waals surface area contributed by atoms with Crippen molar-refractivity contribution in [2.24, 2.45) is 0 Å². The quantitative estimate of drug-likeness (QED) is 0.848. The largest absolute Gasteiger partial charge is 0.352 e. The van der Waals surface area contributed by atoms with Gasteiger partial charge in [0.1, 0.15) is 0 Å². The number of hydrogen-bond donors (Lipinski definition) is 1. The second-order valence-electron chi connectivity index (χ2n) is 6.80. The zero-order chi connectivity index (χ0) is 18.0. The fourth-order valence-electron chi connectivity index (χ4n) is 3.01. The Morgan fingerprint density at radius 3 is 2.44 bits per heavy atom. The maximum absolute atomic E-state index is 12.5. The van der Waals surface area contributed by atoms with Gasteiger partial charge in [0.2, 0.25) is 11.8 Å². The Hall–Kier alpha value is -1.30. The summed E-state index contributed by atoms with van der Waals surface area (Å²) >= 11 is 11.9. The Labute approximate surface area is 158 Å². The van der Waals surface area contributed by atoms with Crippen molar-refractivity contribution in [2.45, 2.75) is 38.3 Å². The Kier molecular flexibility index (Phi) is 5.87. The monoisotopic (exact) mass is 383 g/mol. The van der Waals surface area contributed by atoms with Gasteiger partial charge in [-0.25, -0.2) is 0 Å². The van der Waals surface area contributed by atoms with Gasteiger partial charge in [0, 0.05) is 32.2 Å². The van der Waals surface area contributed by atoms with E-state index in [9.17, 15) is 9.59 Å². The number of carbonyl (C=O) groups is 2. The van der Waals surface area contributed by atoms with Crippen LogP contribution in [0.2, 0.25) is 10.0 Å². The lowest BCUT2D eigenvalue weighted by atomic mass is 10.1. The standard InChI is InChI=1S/C18H23Cl2N3O2/c1-12(18(25)21-14-3-4-14)22-6-8-23(9-7-22)17(24)11-13-2-5-15(19)16(20)10-13/h2,5,10,12,14H,3-4,6-9,11H2,1H3,(H,21,25). The van der Waals surface area contributed by atoms with E-state index in [0.717, 1.165) is 18.4 Å². The predicted octanol–water partition coefficient (Wildman–Crippen LogP) is 2.35. The molecule has 0 radical (unpaired) electrons. The molecule has 2 aliphatic rings. The Bertz CT molecular complexity index is 656. The first-order chi connectivity index (χ1) is 11.9. The molecule has 1 saturated heterocycles. The predicted molar refractivity (Wildman–Crippen MR) is 98.9 cm³/mol. The minimum Gasteiger partial charge on any atom is -0.352 e. The summed E-state index contributed by atoms with van der Waals surface area (Å²) in [5.74, 6) is 0.172. The van der Waals surface area contributed by atoms with Crippen molar-refractivity contribution in [1.82, 2.24) is 15.1 Å². The normalized spacial score (nSPS) is 19.6. The van der Waals surface area contributed by atoms with Crippen molar-refractivity contribution < 1.29 is 9.59 Å². The van der Waals surface area contributed by atoms with Crippen molar-refractivity contribution in [1.29, 1.82) is 0 Å². The van der Waals surface area contributed by atoms with Crippen LogP contribution in [0.25, 0.3) is 0 Å². The number of carbonyl (C=O) groups excluding carboxylic acids is 2. The van der Waals surface area contributed by atoms with Crippen molar-refractivity contribution in [3.63, 3.8) is 0 Å². The number of halogens is 2. The Morgan fingerprint density at radius 2 is 1.84 bits per heavy atom. The summed E-state index contributed by atoms with van der Waals surface area (Å²) in [7, 11) is 0. The lowest BCUT2D eigenvalue weighted by molar-refractivity contribution is -0.133. The molecule has 1 aromatic rings. The number of nitrogens with zero attached hydrogens (tertiary/aromatic N) is 2. The van der Waals surface area contributed by atoms with Crippen LogP contribution in [0.3, 0.4) is 0 Å². The van der Waals surface area contributed by atoms with Gasteiger partial charge < -0.3 is 10.2 Å². The molecule has 0 bridgehead atoms. The summed E-state index contributed by atoms with van der Waals surface area (Å²) in [6.07, 6.45) is 2.50. The molecule has 7 heteroatoms. The van der Waals surface area contributed by atoms with Crippen LogP contribution in [-0.4, -0.2) is 59.9 Å². The SMILES string of the molecule is CC(C(=O)NC1CC1)N1CCN(C(=O)Cc2ccc(Cl)c(Cl)c2)CC1. The minimum absolute atomic E-state index is 0.0770. The van der Waals surface area contributed by atoms with E-state index in [0.29, 0.717) is 48.7 Å². The summed E-state index contributed by atoms with van der Waals surface area (Å²) in [6.45, 7) is 4.64. The van der Waals surface area contributed by atoms with Gasteiger partial charge in [-0.05, 0) is 37.5 Å². The average molecular weight is 384 g/mol. The molecule has 1 aliphatic carbocycles. The van der Waals surface area contributed by atoms with E-state index in [1.165, 1.54) is 0 Å². The van der Waals surface area contributed by atoms with Crippen molar-refractivity contribution in [3.8, 4) is 0 Å². The fourth-order valence-corrected chi connectivity index (χ4v) is 3.33. The number of hydrogen-bond acceptors (Lipinski definition) is 3. The lowest BCUT2D eigenvalue weighted by Crippen LogP contribution is -2.55. The van der Waals surface area contributed by atoms with Crippen LogP contribution in [0.4, 0.5) is 0 Å². The maximum atomic E-state index is 12.5. The topological polar surface area (TPSA) is 52.7 Å². The molecule has 2 amide bonds. The second kappa shape index (κ2) is 7.94. The van der Waals surface area contributed by atoms with Crippen LogP contribution >= 0.6 is 23.2 Å². The first kappa shape index (κ1) is 18.5. The second-order valence-corrected chi connectivity index (χ2v) is 7.62. The fraction of sp³-hybridized carbons (Fsp3) is 0.556. The van der Waals surface area contributed by atoms with Gasteiger partial charge in [-0.1, -0.05) is 29.3 Å². The number of piperazine rings is 1. The zero-order valence-corrected chi connectivity index (χ0v) is 15.8. The number of rotatable bonds is 5. The summed E-state index contributed by atoms with van der Waals surface area (Å²) in [5.41, 5.74) is 0.860. The molecule has 0 spiro atoms. The minimum atomic E-state index is -0.145. The molecule has 1 heterocycles. The third kappa shape index (κ3) is 4.87. The van der Waals surface area contributed by atoms with Crippen LogP contribution in [0.15, 0.2) is 18.2 Å². The summed E-state index contributed by atoms with van der Waals surface area (Å²) < 4.78 is 0. The van der Waals surface area contributed by atoms with E-state index in [1.54, 1.807) is 12.1 Å². The first-order valence-electron chi connectivity index (χ1n) is 8.70. The highest BCUT2D eigenvalue weighted by atomic mass is 35.5. The third-order valence-electron chi connectivity index (χ3n) is 4.86. The van der Waals surface area contributed by atoms with Crippen LogP contribution in [0, 0.1) is 0 Å². The highest BCUT2D eigenvalue weighted by Gasteiger charge is 2.30. The van der Waals surface area contributed by atoms with Gasteiger partial charge >= 0.3 is 0 Å². The van der Waals surface area contributed by atoms with Gasteiger partial charge in [-0.15, -0.1) is 0 Å². The van der Waals surface area contributed by atoms with Gasteiger partial charge in [0.25, 0.3) is 0 Å². The number of benzene rings is 1. The van der Waals surface area contributed by atoms with E-state index in [-0.39, 0.29) is 17.9 Å². The molecule has 1 aliphatic heterocycles. The van der Waals surface area contributed by atoms with Crippen LogP contribution < -0.4 is 5.32 Å². The van der Waals surface area contributed by atoms with Gasteiger partial charge in [0.15, 0.2) is 0 Å². The summed E-state index contributed by atoms with van der Waals surface area (Å²) in [5, 5.41) is 4.00. The van der Waals surface area contributed by atoms with Crippen LogP contribution in [0.5, 0.6) is 0 Å². The zero-order valence-electron chi connectivity index (χ0n) is 14.3. The molecule has 136 valence electrons. The van der Waals surface area contributed by atoms with Gasteiger partial charge in [-0.3, -0.25) is 14.5 Å². The molecule has 1 N–H and O–H groups in total. The molecule has 5 nitrogen and oxygen atoms in total. The van der Waals surface area contributed by atoms with Gasteiger partial charge in [0.05, 0.1) is 22.5 Å². The molecule has 1 unspecified atom stereocenters. The molecule has 1 atom stereocenters. The average Bonchev–Trinajstić information content (AvgIpc) is 3.41. The Morgan fingerprint density at radius 1 is 1.16 bits per heavy atom.